The molecule has 0 unspecified atom stereocenters. The third-order valence-corrected chi connectivity index (χ3v) is 2.32. The summed E-state index contributed by atoms with van der Waals surface area (Å²) in [6, 6.07) is 5.41. The molecule has 3 N–H and O–H groups in total. The number of likely N-dealkylation sites (N-methyl/N-ethyl adjacent to an activating group) is 2. The number of nitrogen functional groups attached to an aromatic ring is 1. The molecule has 0 bridgehead atoms. The fourth-order valence-corrected chi connectivity index (χ4v) is 1.32. The molecule has 1 rings (SSSR count). The molecule has 0 saturated carbocycles. The van der Waals surface area contributed by atoms with E-state index in [1.165, 1.54) is 0 Å². The van der Waals surface area contributed by atoms with E-state index >= 15 is 0 Å². The maximum atomic E-state index is 11.2. The fourth-order valence-electron chi connectivity index (χ4n) is 1.32. The highest BCUT2D eigenvalue weighted by Gasteiger charge is 2.08. The Bertz CT molecular complexity index is 379. The largest absolute Gasteiger partial charge is 0.495 e. The lowest BCUT2D eigenvalue weighted by atomic mass is 10.2. The van der Waals surface area contributed by atoms with E-state index in [2.05, 4.69) is 5.32 Å². The zero-order valence-corrected chi connectivity index (χ0v) is 9.78. The van der Waals surface area contributed by atoms with Gasteiger partial charge in [0.05, 0.1) is 19.3 Å². The monoisotopic (exact) mass is 223 g/mol. The molecule has 5 nitrogen and oxygen atoms in total. The van der Waals surface area contributed by atoms with E-state index in [9.17, 15) is 4.79 Å². The lowest BCUT2D eigenvalue weighted by molar-refractivity contribution is -0.119. The van der Waals surface area contributed by atoms with Gasteiger partial charge >= 0.3 is 0 Å². The maximum Gasteiger partial charge on any atom is 0.239 e. The quantitative estimate of drug-likeness (QED) is 0.728. The predicted molar refractivity (Wildman–Crippen MR) is 64.7 cm³/mol. The van der Waals surface area contributed by atoms with Crippen LogP contribution >= 0.6 is 0 Å². The Morgan fingerprint density at radius 3 is 2.81 bits per heavy atom. The first-order valence-corrected chi connectivity index (χ1v) is 4.93. The number of amides is 1. The third kappa shape index (κ3) is 2.79. The lowest BCUT2D eigenvalue weighted by Gasteiger charge is -2.19. The van der Waals surface area contributed by atoms with Gasteiger partial charge in [-0.05, 0) is 12.1 Å². The second-order valence-corrected chi connectivity index (χ2v) is 3.46. The van der Waals surface area contributed by atoms with Gasteiger partial charge in [-0.25, -0.2) is 0 Å². The van der Waals surface area contributed by atoms with Crippen molar-refractivity contribution in [3.05, 3.63) is 18.2 Å². The van der Waals surface area contributed by atoms with Crippen molar-refractivity contribution in [1.82, 2.24) is 5.32 Å². The first-order chi connectivity index (χ1) is 7.58. The van der Waals surface area contributed by atoms with Crippen molar-refractivity contribution >= 4 is 17.3 Å². The predicted octanol–water partition coefficient (Wildman–Crippen LogP) is 0.460. The highest BCUT2D eigenvalue weighted by Crippen LogP contribution is 2.26. The minimum absolute atomic E-state index is 0.0432. The van der Waals surface area contributed by atoms with Gasteiger partial charge in [-0.15, -0.1) is 0 Å². The second kappa shape index (κ2) is 5.25. The molecule has 0 spiro atoms. The van der Waals surface area contributed by atoms with Crippen molar-refractivity contribution in [1.29, 1.82) is 0 Å². The van der Waals surface area contributed by atoms with Gasteiger partial charge in [0.2, 0.25) is 5.91 Å². The number of carbonyl (C=O) groups is 1. The Labute approximate surface area is 95.2 Å². The van der Waals surface area contributed by atoms with Crippen LogP contribution in [0.4, 0.5) is 11.4 Å². The van der Waals surface area contributed by atoms with E-state index in [4.69, 9.17) is 10.5 Å². The first kappa shape index (κ1) is 12.2. The summed E-state index contributed by atoms with van der Waals surface area (Å²) < 4.78 is 5.11. The maximum absolute atomic E-state index is 11.2. The number of benzene rings is 1. The molecule has 0 atom stereocenters. The second-order valence-electron chi connectivity index (χ2n) is 3.46. The van der Waals surface area contributed by atoms with Crippen molar-refractivity contribution in [3.8, 4) is 5.75 Å². The van der Waals surface area contributed by atoms with Crippen LogP contribution in [0.1, 0.15) is 0 Å². The van der Waals surface area contributed by atoms with E-state index in [1.54, 1.807) is 26.3 Å². The van der Waals surface area contributed by atoms with Gasteiger partial charge in [0.1, 0.15) is 5.75 Å². The summed E-state index contributed by atoms with van der Waals surface area (Å²) in [6.45, 7) is 0.295. The molecule has 16 heavy (non-hydrogen) atoms. The molecule has 1 aromatic carbocycles. The first-order valence-electron chi connectivity index (χ1n) is 4.93. The van der Waals surface area contributed by atoms with Crippen molar-refractivity contribution < 1.29 is 9.53 Å². The molecular weight excluding hydrogens is 206 g/mol. The summed E-state index contributed by atoms with van der Waals surface area (Å²) in [5.41, 5.74) is 7.17. The average Bonchev–Trinajstić information content (AvgIpc) is 2.29. The van der Waals surface area contributed by atoms with Crippen LogP contribution in [0.15, 0.2) is 18.2 Å². The number of nitrogens with two attached hydrogens (primary N) is 1. The summed E-state index contributed by atoms with van der Waals surface area (Å²) >= 11 is 0. The van der Waals surface area contributed by atoms with Crippen LogP contribution in [0.3, 0.4) is 0 Å². The van der Waals surface area contributed by atoms with Crippen molar-refractivity contribution in [2.75, 3.05) is 38.4 Å². The topological polar surface area (TPSA) is 67.6 Å². The minimum atomic E-state index is -0.0432. The molecule has 5 heteroatoms. The molecule has 0 aliphatic heterocycles. The number of methoxy groups -OCH3 is 1. The average molecular weight is 223 g/mol. The zero-order chi connectivity index (χ0) is 12.1. The van der Waals surface area contributed by atoms with Crippen LogP contribution < -0.4 is 20.7 Å². The van der Waals surface area contributed by atoms with Gasteiger partial charge in [0.15, 0.2) is 0 Å². The third-order valence-electron chi connectivity index (χ3n) is 2.32. The molecule has 0 aromatic heterocycles. The molecule has 0 heterocycles. The summed E-state index contributed by atoms with van der Waals surface area (Å²) in [4.78, 5) is 13.0. The van der Waals surface area contributed by atoms with Gasteiger partial charge < -0.3 is 20.7 Å². The molecule has 88 valence electrons. The summed E-state index contributed by atoms with van der Waals surface area (Å²) in [5, 5.41) is 2.57. The molecule has 0 aliphatic rings. The smallest absolute Gasteiger partial charge is 0.239 e. The van der Waals surface area contributed by atoms with E-state index in [0.29, 0.717) is 18.0 Å². The summed E-state index contributed by atoms with van der Waals surface area (Å²) in [7, 11) is 5.01. The van der Waals surface area contributed by atoms with E-state index in [0.717, 1.165) is 5.69 Å². The van der Waals surface area contributed by atoms with Crippen LogP contribution in [-0.2, 0) is 4.79 Å². The van der Waals surface area contributed by atoms with Gasteiger partial charge in [0.25, 0.3) is 0 Å². The van der Waals surface area contributed by atoms with Gasteiger partial charge in [0, 0.05) is 25.8 Å². The van der Waals surface area contributed by atoms with Gasteiger partial charge in [-0.2, -0.15) is 0 Å². The number of hydrogen-bond acceptors (Lipinski definition) is 4. The van der Waals surface area contributed by atoms with Crippen molar-refractivity contribution in [2.45, 2.75) is 0 Å². The number of ether oxygens (including phenoxy) is 1. The Kier molecular flexibility index (Phi) is 3.99. The number of nitrogens with zero attached hydrogens (tertiary/aromatic N) is 1. The highest BCUT2D eigenvalue weighted by molar-refractivity contribution is 5.81. The Morgan fingerprint density at radius 1 is 1.56 bits per heavy atom. The van der Waals surface area contributed by atoms with Crippen LogP contribution in [0.2, 0.25) is 0 Å². The van der Waals surface area contributed by atoms with Crippen molar-refractivity contribution in [3.63, 3.8) is 0 Å². The molecule has 1 aromatic rings. The van der Waals surface area contributed by atoms with Crippen LogP contribution in [-0.4, -0.2) is 33.7 Å². The van der Waals surface area contributed by atoms with Gasteiger partial charge in [-0.3, -0.25) is 4.79 Å². The number of rotatable bonds is 4. The Hall–Kier alpha value is -1.91. The SMILES string of the molecule is CNC(=O)CN(C)c1ccc(N)c(OC)c1. The highest BCUT2D eigenvalue weighted by atomic mass is 16.5. The normalized spacial score (nSPS) is 9.69. The number of nitrogens with one attached hydrogen (secondary N) is 1. The Morgan fingerprint density at radius 2 is 2.25 bits per heavy atom. The molecule has 0 aliphatic carbocycles. The summed E-state index contributed by atoms with van der Waals surface area (Å²) in [6.07, 6.45) is 0. The summed E-state index contributed by atoms with van der Waals surface area (Å²) in [5.74, 6) is 0.569. The van der Waals surface area contributed by atoms with Gasteiger partial charge in [-0.1, -0.05) is 0 Å². The Balaban J connectivity index is 2.83. The van der Waals surface area contributed by atoms with Crippen LogP contribution in [0.5, 0.6) is 5.75 Å². The molecule has 0 radical (unpaired) electrons. The number of anilines is 2. The molecule has 0 fully saturated rings. The fraction of sp³-hybridized carbons (Fsp3) is 0.364. The molecular formula is C11H17N3O2. The standard InChI is InChI=1S/C11H17N3O2/c1-13-11(15)7-14(2)8-4-5-9(12)10(6-8)16-3/h4-6H,7,12H2,1-3H3,(H,13,15). The molecule has 0 saturated heterocycles. The number of hydrogen-bond donors (Lipinski definition) is 2. The van der Waals surface area contributed by atoms with E-state index < -0.39 is 0 Å². The molecule has 1 amide bonds. The lowest BCUT2D eigenvalue weighted by Crippen LogP contribution is -2.32. The van der Waals surface area contributed by atoms with Crippen LogP contribution in [0, 0.1) is 0 Å². The minimum Gasteiger partial charge on any atom is -0.495 e. The van der Waals surface area contributed by atoms with Crippen molar-refractivity contribution in [2.24, 2.45) is 0 Å². The zero-order valence-electron chi connectivity index (χ0n) is 9.78. The van der Waals surface area contributed by atoms with Crippen LogP contribution in [0.25, 0.3) is 0 Å². The van der Waals surface area contributed by atoms with E-state index in [1.807, 2.05) is 18.0 Å². The van der Waals surface area contributed by atoms with E-state index in [-0.39, 0.29) is 5.91 Å². The number of carbonyl (C=O) groups excluding carboxylic acids is 1.